The Labute approximate surface area is 80.3 Å². The van der Waals surface area contributed by atoms with Crippen molar-refractivity contribution in [3.05, 3.63) is 17.7 Å². The Bertz CT molecular complexity index is 358. The van der Waals surface area contributed by atoms with Crippen LogP contribution in [0.5, 0.6) is 0 Å². The largest absolute Gasteiger partial charge is 0.481 e. The molecule has 1 aliphatic rings. The molecule has 14 heavy (non-hydrogen) atoms. The lowest BCUT2D eigenvalue weighted by Gasteiger charge is -1.98. The van der Waals surface area contributed by atoms with Crippen molar-refractivity contribution in [1.29, 1.82) is 0 Å². The van der Waals surface area contributed by atoms with Crippen LogP contribution in [0.4, 0.5) is 4.39 Å². The molecule has 0 atom stereocenters. The number of carboxylic acids is 1. The summed E-state index contributed by atoms with van der Waals surface area (Å²) < 4.78 is 14.8. The number of nitrogens with zero attached hydrogens (tertiary/aromatic N) is 2. The quantitative estimate of drug-likeness (QED) is 0.795. The molecule has 0 spiro atoms. The van der Waals surface area contributed by atoms with E-state index in [4.69, 9.17) is 5.11 Å². The maximum atomic E-state index is 13.5. The van der Waals surface area contributed by atoms with E-state index in [9.17, 15) is 9.18 Å². The first-order valence-corrected chi connectivity index (χ1v) is 4.62. The number of hydrogen-bond donors (Lipinski definition) is 1. The lowest BCUT2D eigenvalue weighted by Crippen LogP contribution is -2.02. The molecule has 0 radical (unpaired) electrons. The van der Waals surface area contributed by atoms with Crippen molar-refractivity contribution in [3.63, 3.8) is 0 Å². The molecule has 0 bridgehead atoms. The van der Waals surface area contributed by atoms with Gasteiger partial charge in [-0.3, -0.25) is 4.79 Å². The Balaban J connectivity index is 2.06. The summed E-state index contributed by atoms with van der Waals surface area (Å²) in [6.07, 6.45) is 3.53. The molecule has 1 aliphatic carbocycles. The molecule has 0 aliphatic heterocycles. The average molecular weight is 198 g/mol. The Morgan fingerprint density at radius 3 is 3.00 bits per heavy atom. The first-order valence-electron chi connectivity index (χ1n) is 4.62. The zero-order valence-electron chi connectivity index (χ0n) is 7.61. The standard InChI is InChI=1S/C9H11FN2O2/c10-9-6(1-4-8(13)14)5-11-12(9)7-2-3-7/h5,7H,1-4H2,(H,13,14). The topological polar surface area (TPSA) is 55.1 Å². The van der Waals surface area contributed by atoms with E-state index in [0.29, 0.717) is 5.56 Å². The summed E-state index contributed by atoms with van der Waals surface area (Å²) in [5, 5.41) is 12.3. The summed E-state index contributed by atoms with van der Waals surface area (Å²) in [7, 11) is 0. The normalized spacial score (nSPS) is 15.8. The Morgan fingerprint density at radius 1 is 1.71 bits per heavy atom. The number of halogens is 1. The second-order valence-corrected chi connectivity index (χ2v) is 3.53. The molecule has 76 valence electrons. The van der Waals surface area contributed by atoms with Gasteiger partial charge < -0.3 is 5.11 Å². The number of aryl methyl sites for hydroxylation is 1. The Hall–Kier alpha value is -1.39. The highest BCUT2D eigenvalue weighted by Crippen LogP contribution is 2.35. The third-order valence-corrected chi connectivity index (χ3v) is 2.31. The lowest BCUT2D eigenvalue weighted by molar-refractivity contribution is -0.136. The summed E-state index contributed by atoms with van der Waals surface area (Å²) in [5.74, 6) is -1.28. The second kappa shape index (κ2) is 3.40. The van der Waals surface area contributed by atoms with E-state index in [1.807, 2.05) is 0 Å². The van der Waals surface area contributed by atoms with Gasteiger partial charge in [-0.1, -0.05) is 0 Å². The number of aromatic nitrogens is 2. The van der Waals surface area contributed by atoms with E-state index in [1.165, 1.54) is 10.9 Å². The summed E-state index contributed by atoms with van der Waals surface area (Å²) in [4.78, 5) is 10.3. The van der Waals surface area contributed by atoms with Crippen LogP contribution in [0.15, 0.2) is 6.20 Å². The van der Waals surface area contributed by atoms with Gasteiger partial charge in [-0.2, -0.15) is 9.49 Å². The van der Waals surface area contributed by atoms with Gasteiger partial charge in [-0.15, -0.1) is 0 Å². The maximum absolute atomic E-state index is 13.5. The van der Waals surface area contributed by atoms with Crippen molar-refractivity contribution in [1.82, 2.24) is 9.78 Å². The number of rotatable bonds is 4. The molecule has 0 amide bonds. The van der Waals surface area contributed by atoms with Crippen LogP contribution in [-0.2, 0) is 11.2 Å². The average Bonchev–Trinajstić information content (AvgIpc) is 2.89. The van der Waals surface area contributed by atoms with E-state index in [2.05, 4.69) is 5.10 Å². The van der Waals surface area contributed by atoms with Crippen molar-refractivity contribution in [2.24, 2.45) is 0 Å². The van der Waals surface area contributed by atoms with Crippen LogP contribution >= 0.6 is 0 Å². The van der Waals surface area contributed by atoms with Crippen LogP contribution in [0, 0.1) is 5.95 Å². The van der Waals surface area contributed by atoms with E-state index < -0.39 is 5.97 Å². The first-order chi connectivity index (χ1) is 6.68. The van der Waals surface area contributed by atoms with Gasteiger partial charge in [0.2, 0.25) is 5.95 Å². The monoisotopic (exact) mass is 198 g/mol. The predicted octanol–water partition coefficient (Wildman–Crippen LogP) is 1.37. The molecule has 1 aromatic heterocycles. The fourth-order valence-corrected chi connectivity index (χ4v) is 1.37. The van der Waals surface area contributed by atoms with E-state index in [0.717, 1.165) is 12.8 Å². The fourth-order valence-electron chi connectivity index (χ4n) is 1.37. The number of hydrogen-bond acceptors (Lipinski definition) is 2. The zero-order valence-corrected chi connectivity index (χ0v) is 7.61. The van der Waals surface area contributed by atoms with Gasteiger partial charge >= 0.3 is 5.97 Å². The van der Waals surface area contributed by atoms with E-state index in [1.54, 1.807) is 0 Å². The molecule has 1 aromatic rings. The maximum Gasteiger partial charge on any atom is 0.303 e. The van der Waals surface area contributed by atoms with Gasteiger partial charge in [0, 0.05) is 12.0 Å². The highest BCUT2D eigenvalue weighted by Gasteiger charge is 2.28. The molecule has 1 N–H and O–H groups in total. The molecular formula is C9H11FN2O2. The number of carboxylic acid groups (broad SMARTS) is 1. The molecule has 2 rings (SSSR count). The smallest absolute Gasteiger partial charge is 0.303 e. The van der Waals surface area contributed by atoms with Gasteiger partial charge in [-0.05, 0) is 19.3 Å². The molecule has 4 nitrogen and oxygen atoms in total. The summed E-state index contributed by atoms with van der Waals surface area (Å²) in [6.45, 7) is 0. The van der Waals surface area contributed by atoms with E-state index in [-0.39, 0.29) is 24.8 Å². The molecule has 0 aromatic carbocycles. The highest BCUT2D eigenvalue weighted by atomic mass is 19.1. The molecule has 0 saturated heterocycles. The van der Waals surface area contributed by atoms with E-state index >= 15 is 0 Å². The molecule has 1 saturated carbocycles. The predicted molar refractivity (Wildman–Crippen MR) is 46.4 cm³/mol. The van der Waals surface area contributed by atoms with Gasteiger partial charge in [0.05, 0.1) is 12.2 Å². The molecule has 1 fully saturated rings. The molecular weight excluding hydrogens is 187 g/mol. The minimum Gasteiger partial charge on any atom is -0.481 e. The van der Waals surface area contributed by atoms with Crippen LogP contribution in [0.3, 0.4) is 0 Å². The van der Waals surface area contributed by atoms with Gasteiger partial charge in [0.15, 0.2) is 0 Å². The third kappa shape index (κ3) is 1.76. The lowest BCUT2D eigenvalue weighted by atomic mass is 10.2. The number of aliphatic carboxylic acids is 1. The zero-order chi connectivity index (χ0) is 10.1. The summed E-state index contributed by atoms with van der Waals surface area (Å²) >= 11 is 0. The van der Waals surface area contributed by atoms with Gasteiger partial charge in [-0.25, -0.2) is 4.68 Å². The molecule has 1 heterocycles. The minimum absolute atomic E-state index is 0.0483. The van der Waals surface area contributed by atoms with Crippen LogP contribution in [0.1, 0.15) is 30.9 Å². The van der Waals surface area contributed by atoms with Crippen molar-refractivity contribution in [2.75, 3.05) is 0 Å². The van der Waals surface area contributed by atoms with Crippen LogP contribution in [0.25, 0.3) is 0 Å². The van der Waals surface area contributed by atoms with Gasteiger partial charge in [0.1, 0.15) is 0 Å². The van der Waals surface area contributed by atoms with Crippen molar-refractivity contribution in [2.45, 2.75) is 31.7 Å². The summed E-state index contributed by atoms with van der Waals surface area (Å²) in [6, 6.07) is 0.202. The third-order valence-electron chi connectivity index (χ3n) is 2.31. The number of carbonyl (C=O) groups is 1. The fraction of sp³-hybridized carbons (Fsp3) is 0.556. The second-order valence-electron chi connectivity index (χ2n) is 3.53. The first kappa shape index (κ1) is 9.18. The van der Waals surface area contributed by atoms with Crippen molar-refractivity contribution < 1.29 is 14.3 Å². The molecule has 0 unspecified atom stereocenters. The van der Waals surface area contributed by atoms with Crippen LogP contribution < -0.4 is 0 Å². The SMILES string of the molecule is O=C(O)CCc1cnn(C2CC2)c1F. The summed E-state index contributed by atoms with van der Waals surface area (Å²) in [5.41, 5.74) is 0.402. The van der Waals surface area contributed by atoms with Crippen LogP contribution in [0.2, 0.25) is 0 Å². The van der Waals surface area contributed by atoms with Gasteiger partial charge in [0.25, 0.3) is 0 Å². The van der Waals surface area contributed by atoms with Crippen molar-refractivity contribution >= 4 is 5.97 Å². The Kier molecular flexibility index (Phi) is 2.23. The minimum atomic E-state index is -0.913. The highest BCUT2D eigenvalue weighted by molar-refractivity contribution is 5.67. The Morgan fingerprint density at radius 2 is 2.43 bits per heavy atom. The van der Waals surface area contributed by atoms with Crippen LogP contribution in [-0.4, -0.2) is 20.9 Å². The molecule has 5 heteroatoms. The van der Waals surface area contributed by atoms with Crippen molar-refractivity contribution in [3.8, 4) is 0 Å².